The molecule has 1 aromatic carbocycles. The first kappa shape index (κ1) is 16.5. The standard InChI is InChI=1S/C20H22ClN3O/c21-17-1-3-18(4-2-17)24-19(25)16(11-22)12-23-20-8-13-5-14(9-20)7-15(6-13)10-20/h1-4,12-15,23H,5-10H2,(H,24,25)/b16-12-. The summed E-state index contributed by atoms with van der Waals surface area (Å²) in [5, 5.41) is 16.2. The zero-order valence-electron chi connectivity index (χ0n) is 14.1. The van der Waals surface area contributed by atoms with Crippen molar-refractivity contribution < 1.29 is 4.79 Å². The van der Waals surface area contributed by atoms with Gasteiger partial charge in [-0.2, -0.15) is 5.26 Å². The number of hydrogen-bond acceptors (Lipinski definition) is 3. The fourth-order valence-electron chi connectivity index (χ4n) is 5.39. The molecule has 25 heavy (non-hydrogen) atoms. The third kappa shape index (κ3) is 3.39. The maximum absolute atomic E-state index is 12.4. The lowest BCUT2D eigenvalue weighted by Gasteiger charge is -2.56. The molecule has 0 aromatic heterocycles. The van der Waals surface area contributed by atoms with Crippen molar-refractivity contribution in [1.29, 1.82) is 5.26 Å². The largest absolute Gasteiger partial charge is 0.384 e. The average Bonchev–Trinajstić information content (AvgIpc) is 2.56. The van der Waals surface area contributed by atoms with Crippen LogP contribution in [0.4, 0.5) is 5.69 Å². The fraction of sp³-hybridized carbons (Fsp3) is 0.500. The highest BCUT2D eigenvalue weighted by Gasteiger charge is 2.50. The van der Waals surface area contributed by atoms with Gasteiger partial charge in [-0.25, -0.2) is 0 Å². The molecule has 4 nitrogen and oxygen atoms in total. The summed E-state index contributed by atoms with van der Waals surface area (Å²) < 4.78 is 0. The number of nitrogens with zero attached hydrogens (tertiary/aromatic N) is 1. The zero-order valence-corrected chi connectivity index (χ0v) is 14.9. The molecule has 2 N–H and O–H groups in total. The fourth-order valence-corrected chi connectivity index (χ4v) is 5.52. The van der Waals surface area contributed by atoms with Gasteiger partial charge in [0.2, 0.25) is 0 Å². The minimum Gasteiger partial charge on any atom is -0.384 e. The number of benzene rings is 1. The zero-order chi connectivity index (χ0) is 17.4. The van der Waals surface area contributed by atoms with Gasteiger partial charge in [-0.15, -0.1) is 0 Å². The summed E-state index contributed by atoms with van der Waals surface area (Å²) in [6.07, 6.45) is 9.26. The van der Waals surface area contributed by atoms with E-state index in [1.807, 2.05) is 6.07 Å². The Morgan fingerprint density at radius 1 is 1.12 bits per heavy atom. The maximum atomic E-state index is 12.4. The number of carbonyl (C=O) groups excluding carboxylic acids is 1. The molecular formula is C20H22ClN3O. The van der Waals surface area contributed by atoms with Crippen LogP contribution in [0, 0.1) is 29.1 Å². The van der Waals surface area contributed by atoms with Crippen molar-refractivity contribution in [2.24, 2.45) is 17.8 Å². The maximum Gasteiger partial charge on any atom is 0.267 e. The number of carbonyl (C=O) groups is 1. The van der Waals surface area contributed by atoms with Crippen molar-refractivity contribution in [3.8, 4) is 6.07 Å². The van der Waals surface area contributed by atoms with Crippen LogP contribution in [0.15, 0.2) is 36.0 Å². The summed E-state index contributed by atoms with van der Waals surface area (Å²) in [5.74, 6) is 2.07. The lowest BCUT2D eigenvalue weighted by atomic mass is 9.53. The van der Waals surface area contributed by atoms with Gasteiger partial charge in [0.25, 0.3) is 5.91 Å². The SMILES string of the molecule is N#C/C(=C/NC12CC3CC(CC(C3)C1)C2)C(=O)Nc1ccc(Cl)cc1. The van der Waals surface area contributed by atoms with Gasteiger partial charge in [-0.3, -0.25) is 4.79 Å². The minimum absolute atomic E-state index is 0.0946. The molecule has 0 radical (unpaired) electrons. The van der Waals surface area contributed by atoms with Gasteiger partial charge in [-0.05, 0) is 80.5 Å². The van der Waals surface area contributed by atoms with Gasteiger partial charge < -0.3 is 10.6 Å². The van der Waals surface area contributed by atoms with Crippen molar-refractivity contribution in [3.05, 3.63) is 41.1 Å². The number of halogens is 1. The van der Waals surface area contributed by atoms with Crippen LogP contribution in [0.2, 0.25) is 5.02 Å². The number of nitriles is 1. The van der Waals surface area contributed by atoms with Gasteiger partial charge in [0, 0.05) is 22.4 Å². The Kier molecular flexibility index (Phi) is 4.21. The van der Waals surface area contributed by atoms with Crippen LogP contribution in [0.5, 0.6) is 0 Å². The van der Waals surface area contributed by atoms with Gasteiger partial charge in [0.1, 0.15) is 11.6 Å². The Bertz CT molecular complexity index is 712. The first-order chi connectivity index (χ1) is 12.0. The predicted octanol–water partition coefficient (Wildman–Crippen LogP) is 4.24. The van der Waals surface area contributed by atoms with Crippen LogP contribution < -0.4 is 10.6 Å². The molecule has 4 saturated carbocycles. The highest BCUT2D eigenvalue weighted by molar-refractivity contribution is 6.30. The molecule has 0 atom stereocenters. The molecule has 0 spiro atoms. The second-order valence-corrected chi connectivity index (χ2v) is 8.41. The quantitative estimate of drug-likeness (QED) is 0.627. The molecule has 0 unspecified atom stereocenters. The summed E-state index contributed by atoms with van der Waals surface area (Å²) in [7, 11) is 0. The van der Waals surface area contributed by atoms with Gasteiger partial charge >= 0.3 is 0 Å². The van der Waals surface area contributed by atoms with E-state index in [0.29, 0.717) is 10.7 Å². The number of anilines is 1. The highest BCUT2D eigenvalue weighted by Crippen LogP contribution is 2.55. The van der Waals surface area contributed by atoms with Crippen LogP contribution >= 0.6 is 11.6 Å². The van der Waals surface area contributed by atoms with E-state index in [9.17, 15) is 10.1 Å². The Hall–Kier alpha value is -1.99. The smallest absolute Gasteiger partial charge is 0.267 e. The summed E-state index contributed by atoms with van der Waals surface area (Å²) in [4.78, 5) is 12.4. The molecule has 0 aliphatic heterocycles. The summed E-state index contributed by atoms with van der Waals surface area (Å²) in [6.45, 7) is 0. The molecule has 1 aromatic rings. The normalized spacial score (nSPS) is 33.0. The molecule has 1 amide bonds. The van der Waals surface area contributed by atoms with Gasteiger partial charge in [-0.1, -0.05) is 11.6 Å². The van der Waals surface area contributed by atoms with Crippen molar-refractivity contribution in [3.63, 3.8) is 0 Å². The Balaban J connectivity index is 1.45. The van der Waals surface area contributed by atoms with Crippen LogP contribution in [0.3, 0.4) is 0 Å². The van der Waals surface area contributed by atoms with E-state index in [0.717, 1.165) is 17.8 Å². The first-order valence-corrected chi connectivity index (χ1v) is 9.38. The predicted molar refractivity (Wildman–Crippen MR) is 97.8 cm³/mol. The van der Waals surface area contributed by atoms with E-state index >= 15 is 0 Å². The Morgan fingerprint density at radius 2 is 1.68 bits per heavy atom. The average molecular weight is 356 g/mol. The molecule has 5 rings (SSSR count). The van der Waals surface area contributed by atoms with Crippen molar-refractivity contribution in [1.82, 2.24) is 5.32 Å². The Morgan fingerprint density at radius 3 is 2.20 bits per heavy atom. The molecular weight excluding hydrogens is 334 g/mol. The number of hydrogen-bond donors (Lipinski definition) is 2. The van der Waals surface area contributed by atoms with Crippen molar-refractivity contribution in [2.75, 3.05) is 5.32 Å². The third-order valence-electron chi connectivity index (χ3n) is 6.03. The summed E-state index contributed by atoms with van der Waals surface area (Å²) >= 11 is 5.85. The van der Waals surface area contributed by atoms with E-state index in [-0.39, 0.29) is 17.0 Å². The molecule has 4 bridgehead atoms. The lowest BCUT2D eigenvalue weighted by Crippen LogP contribution is -2.57. The summed E-state index contributed by atoms with van der Waals surface area (Å²) in [5.41, 5.74) is 0.841. The third-order valence-corrected chi connectivity index (χ3v) is 6.28. The molecule has 4 aliphatic carbocycles. The van der Waals surface area contributed by atoms with Crippen LogP contribution in [0.25, 0.3) is 0 Å². The van der Waals surface area contributed by atoms with Crippen molar-refractivity contribution in [2.45, 2.75) is 44.1 Å². The minimum atomic E-state index is -0.387. The number of amides is 1. The monoisotopic (exact) mass is 355 g/mol. The molecule has 0 saturated heterocycles. The van der Waals surface area contributed by atoms with E-state index < -0.39 is 0 Å². The van der Waals surface area contributed by atoms with E-state index in [4.69, 9.17) is 11.6 Å². The van der Waals surface area contributed by atoms with Gasteiger partial charge in [0.15, 0.2) is 0 Å². The number of nitrogens with one attached hydrogen (secondary N) is 2. The molecule has 5 heteroatoms. The molecule has 4 fully saturated rings. The highest BCUT2D eigenvalue weighted by atomic mass is 35.5. The lowest BCUT2D eigenvalue weighted by molar-refractivity contribution is -0.112. The number of rotatable bonds is 4. The van der Waals surface area contributed by atoms with E-state index in [1.165, 1.54) is 38.5 Å². The van der Waals surface area contributed by atoms with Crippen LogP contribution in [-0.2, 0) is 4.79 Å². The second-order valence-electron chi connectivity index (χ2n) is 7.97. The molecule has 0 heterocycles. The topological polar surface area (TPSA) is 64.9 Å². The molecule has 4 aliphatic rings. The van der Waals surface area contributed by atoms with E-state index in [2.05, 4.69) is 10.6 Å². The van der Waals surface area contributed by atoms with Gasteiger partial charge in [0.05, 0.1) is 0 Å². The summed E-state index contributed by atoms with van der Waals surface area (Å²) in [6, 6.07) is 8.89. The Labute approximate surface area is 153 Å². The van der Waals surface area contributed by atoms with Crippen LogP contribution in [-0.4, -0.2) is 11.4 Å². The van der Waals surface area contributed by atoms with Crippen molar-refractivity contribution >= 4 is 23.2 Å². The molecule has 130 valence electrons. The second kappa shape index (κ2) is 6.38. The van der Waals surface area contributed by atoms with E-state index in [1.54, 1.807) is 30.5 Å². The first-order valence-electron chi connectivity index (χ1n) is 9.00. The van der Waals surface area contributed by atoms with Crippen LogP contribution in [0.1, 0.15) is 38.5 Å².